The molecule has 0 fully saturated rings. The van der Waals surface area contributed by atoms with Crippen LogP contribution in [0.5, 0.6) is 0 Å². The number of hydrogen-bond acceptors (Lipinski definition) is 7. The molecule has 0 aliphatic carbocycles. The van der Waals surface area contributed by atoms with Gasteiger partial charge in [-0.25, -0.2) is 0 Å². The van der Waals surface area contributed by atoms with E-state index in [1.165, 1.54) is 13.8 Å². The minimum Gasteiger partial charge on any atom is -0.548 e. The monoisotopic (exact) mass is 350 g/mol. The quantitative estimate of drug-likeness (QED) is 0.608. The summed E-state index contributed by atoms with van der Waals surface area (Å²) in [6, 6.07) is -1.39. The zero-order chi connectivity index (χ0) is 18.8. The topological polar surface area (TPSA) is 138 Å². The highest BCUT2D eigenvalue weighted by Crippen LogP contribution is 2.41. The van der Waals surface area contributed by atoms with Gasteiger partial charge in [-0.15, -0.1) is 0 Å². The third-order valence-electron chi connectivity index (χ3n) is 3.04. The summed E-state index contributed by atoms with van der Waals surface area (Å²) in [7, 11) is 0. The minimum absolute atomic E-state index is 0.0992. The summed E-state index contributed by atoms with van der Waals surface area (Å²) in [6.45, 7) is 2.77. The first-order chi connectivity index (χ1) is 10.9. The standard InChI is InChI=1S/C12H12F3N3O6/c1-5(2)9(11(19)20)16-10-7(17(21)22)3-6(12(13,14)15)4-8(10)18(23)24/h3-5,9,16H,1-2H3,(H,19,20)/p-1/t9-/m1/s1. The third kappa shape index (κ3) is 4.08. The van der Waals surface area contributed by atoms with Gasteiger partial charge < -0.3 is 15.2 Å². The summed E-state index contributed by atoms with van der Waals surface area (Å²) in [5.74, 6) is -2.43. The fourth-order valence-corrected chi connectivity index (χ4v) is 1.86. The van der Waals surface area contributed by atoms with E-state index in [0.29, 0.717) is 0 Å². The van der Waals surface area contributed by atoms with E-state index in [-0.39, 0.29) is 12.1 Å². The first-order valence-corrected chi connectivity index (χ1v) is 6.37. The summed E-state index contributed by atoms with van der Waals surface area (Å²) in [6.07, 6.45) is -5.06. The number of hydrogen-bond donors (Lipinski definition) is 1. The van der Waals surface area contributed by atoms with Crippen LogP contribution in [-0.2, 0) is 11.0 Å². The fraction of sp³-hybridized carbons (Fsp3) is 0.417. The molecule has 0 aliphatic heterocycles. The van der Waals surface area contributed by atoms with Crippen molar-refractivity contribution in [2.24, 2.45) is 5.92 Å². The molecule has 0 spiro atoms. The Balaban J connectivity index is 3.65. The highest BCUT2D eigenvalue weighted by molar-refractivity contribution is 5.82. The Kier molecular flexibility index (Phi) is 5.32. The molecule has 0 unspecified atom stereocenters. The number of carbonyl (C=O) groups excluding carboxylic acids is 1. The van der Waals surface area contributed by atoms with Crippen LogP contribution >= 0.6 is 0 Å². The van der Waals surface area contributed by atoms with Gasteiger partial charge in [0.05, 0.1) is 27.4 Å². The third-order valence-corrected chi connectivity index (χ3v) is 3.04. The molecule has 24 heavy (non-hydrogen) atoms. The van der Waals surface area contributed by atoms with Crippen LogP contribution in [0.3, 0.4) is 0 Å². The van der Waals surface area contributed by atoms with Gasteiger partial charge in [-0.1, -0.05) is 13.8 Å². The van der Waals surface area contributed by atoms with Crippen LogP contribution in [0, 0.1) is 26.1 Å². The number of aliphatic carboxylic acids is 1. The van der Waals surface area contributed by atoms with Gasteiger partial charge in [0.2, 0.25) is 0 Å². The zero-order valence-corrected chi connectivity index (χ0v) is 12.3. The van der Waals surface area contributed by atoms with Gasteiger partial charge in [0.1, 0.15) is 0 Å². The van der Waals surface area contributed by atoms with E-state index >= 15 is 0 Å². The van der Waals surface area contributed by atoms with Crippen LogP contribution < -0.4 is 10.4 Å². The van der Waals surface area contributed by atoms with Crippen LogP contribution in [0.2, 0.25) is 0 Å². The number of nitro benzene ring substituents is 2. The van der Waals surface area contributed by atoms with Gasteiger partial charge in [-0.2, -0.15) is 13.2 Å². The molecule has 0 aromatic heterocycles. The second kappa shape index (κ2) is 6.68. The van der Waals surface area contributed by atoms with Gasteiger partial charge in [-0.05, 0) is 5.92 Å². The Morgan fingerprint density at radius 1 is 1.12 bits per heavy atom. The molecule has 0 saturated carbocycles. The largest absolute Gasteiger partial charge is 0.548 e. The summed E-state index contributed by atoms with van der Waals surface area (Å²) < 4.78 is 38.3. The molecule has 0 saturated heterocycles. The van der Waals surface area contributed by atoms with Gasteiger partial charge in [0, 0.05) is 12.1 Å². The van der Waals surface area contributed by atoms with Crippen molar-refractivity contribution in [3.05, 3.63) is 37.9 Å². The molecule has 0 amide bonds. The van der Waals surface area contributed by atoms with Crippen LogP contribution in [0.15, 0.2) is 12.1 Å². The summed E-state index contributed by atoms with van der Waals surface area (Å²) >= 11 is 0. The number of carboxylic acids is 1. The first-order valence-electron chi connectivity index (χ1n) is 6.37. The SMILES string of the molecule is CC(C)[C@@H](Nc1c([N+](=O)[O-])cc(C(F)(F)F)cc1[N+](=O)[O-])C(=O)[O-]. The number of alkyl halides is 3. The number of nitrogens with zero attached hydrogens (tertiary/aromatic N) is 2. The second-order valence-electron chi connectivity index (χ2n) is 5.09. The molecule has 0 heterocycles. The predicted molar refractivity (Wildman–Crippen MR) is 72.0 cm³/mol. The van der Waals surface area contributed by atoms with Gasteiger partial charge >= 0.3 is 6.18 Å². The van der Waals surface area contributed by atoms with E-state index in [1.807, 2.05) is 5.32 Å². The molecular weight excluding hydrogens is 339 g/mol. The number of carboxylic acid groups (broad SMARTS) is 1. The average Bonchev–Trinajstić information content (AvgIpc) is 2.41. The van der Waals surface area contributed by atoms with Gasteiger partial charge in [-0.3, -0.25) is 20.2 Å². The van der Waals surface area contributed by atoms with Crippen LogP contribution in [0.4, 0.5) is 30.2 Å². The van der Waals surface area contributed by atoms with Crippen molar-refractivity contribution in [1.82, 2.24) is 0 Å². The Morgan fingerprint density at radius 3 is 1.79 bits per heavy atom. The van der Waals surface area contributed by atoms with Crippen molar-refractivity contribution in [1.29, 1.82) is 0 Å². The number of carbonyl (C=O) groups is 1. The fourth-order valence-electron chi connectivity index (χ4n) is 1.86. The number of nitro groups is 2. The van der Waals surface area contributed by atoms with Crippen molar-refractivity contribution in [3.8, 4) is 0 Å². The van der Waals surface area contributed by atoms with E-state index in [2.05, 4.69) is 0 Å². The second-order valence-corrected chi connectivity index (χ2v) is 5.09. The molecule has 1 aromatic rings. The van der Waals surface area contributed by atoms with E-state index in [1.54, 1.807) is 0 Å². The van der Waals surface area contributed by atoms with E-state index < -0.39 is 56.6 Å². The van der Waals surface area contributed by atoms with E-state index in [4.69, 9.17) is 0 Å². The maximum Gasteiger partial charge on any atom is 0.416 e. The number of benzene rings is 1. The lowest BCUT2D eigenvalue weighted by Crippen LogP contribution is -2.44. The van der Waals surface area contributed by atoms with Crippen molar-refractivity contribution in [2.45, 2.75) is 26.1 Å². The average molecular weight is 350 g/mol. The lowest BCUT2D eigenvalue weighted by Gasteiger charge is -2.24. The number of anilines is 1. The van der Waals surface area contributed by atoms with Crippen LogP contribution in [0.1, 0.15) is 19.4 Å². The molecule has 132 valence electrons. The highest BCUT2D eigenvalue weighted by Gasteiger charge is 2.38. The summed E-state index contributed by atoms with van der Waals surface area (Å²) in [5, 5.41) is 35.1. The lowest BCUT2D eigenvalue weighted by atomic mass is 10.0. The summed E-state index contributed by atoms with van der Waals surface area (Å²) in [4.78, 5) is 30.5. The molecule has 1 atom stereocenters. The van der Waals surface area contributed by atoms with Crippen LogP contribution in [0.25, 0.3) is 0 Å². The molecule has 0 radical (unpaired) electrons. The maximum absolute atomic E-state index is 12.8. The zero-order valence-electron chi connectivity index (χ0n) is 12.3. The van der Waals surface area contributed by atoms with E-state index in [0.717, 1.165) is 0 Å². The van der Waals surface area contributed by atoms with Crippen LogP contribution in [-0.4, -0.2) is 21.9 Å². The number of halogens is 3. The Labute approximate surface area is 132 Å². The molecular formula is C12H11F3N3O6-. The smallest absolute Gasteiger partial charge is 0.416 e. The maximum atomic E-state index is 12.8. The summed E-state index contributed by atoms with van der Waals surface area (Å²) in [5.41, 5.74) is -5.05. The Bertz CT molecular complexity index is 654. The Hall–Kier alpha value is -2.92. The first kappa shape index (κ1) is 19.1. The molecule has 9 nitrogen and oxygen atoms in total. The van der Waals surface area contributed by atoms with Gasteiger partial charge in [0.25, 0.3) is 11.4 Å². The Morgan fingerprint density at radius 2 is 1.54 bits per heavy atom. The predicted octanol–water partition coefficient (Wildman–Crippen LogP) is 1.71. The van der Waals surface area contributed by atoms with Crippen molar-refractivity contribution in [3.63, 3.8) is 0 Å². The van der Waals surface area contributed by atoms with E-state index in [9.17, 15) is 43.3 Å². The number of nitrogens with one attached hydrogen (secondary N) is 1. The van der Waals surface area contributed by atoms with Crippen molar-refractivity contribution in [2.75, 3.05) is 5.32 Å². The number of rotatable bonds is 6. The lowest BCUT2D eigenvalue weighted by molar-refractivity contribution is -0.392. The normalized spacial score (nSPS) is 12.8. The minimum atomic E-state index is -5.06. The van der Waals surface area contributed by atoms with Crippen molar-refractivity contribution < 1.29 is 32.9 Å². The molecule has 1 rings (SSSR count). The molecule has 1 N–H and O–H groups in total. The van der Waals surface area contributed by atoms with Crippen molar-refractivity contribution >= 4 is 23.0 Å². The molecule has 0 aliphatic rings. The van der Waals surface area contributed by atoms with Gasteiger partial charge in [0.15, 0.2) is 5.69 Å². The molecule has 12 heteroatoms. The highest BCUT2D eigenvalue weighted by atomic mass is 19.4. The molecule has 0 bridgehead atoms. The molecule has 1 aromatic carbocycles.